The number of hydrogen-bond acceptors (Lipinski definition) is 7. The van der Waals surface area contributed by atoms with Crippen molar-refractivity contribution < 1.29 is 22.5 Å². The van der Waals surface area contributed by atoms with Gasteiger partial charge in [-0.2, -0.15) is 5.26 Å². The third-order valence-corrected chi connectivity index (χ3v) is 5.80. The van der Waals surface area contributed by atoms with Gasteiger partial charge in [0.1, 0.15) is 10.6 Å². The highest BCUT2D eigenvalue weighted by Gasteiger charge is 2.24. The van der Waals surface area contributed by atoms with E-state index in [9.17, 15) is 13.2 Å². The van der Waals surface area contributed by atoms with Crippen molar-refractivity contribution in [1.82, 2.24) is 5.16 Å². The van der Waals surface area contributed by atoms with Crippen LogP contribution in [-0.2, 0) is 21.2 Å². The molecule has 1 heterocycles. The van der Waals surface area contributed by atoms with Crippen molar-refractivity contribution in [3.05, 3.63) is 53.7 Å². The van der Waals surface area contributed by atoms with Gasteiger partial charge in [0.15, 0.2) is 0 Å². The monoisotopic (exact) mass is 440 g/mol. The zero-order chi connectivity index (χ0) is 22.6. The maximum absolute atomic E-state index is 13.1. The van der Waals surface area contributed by atoms with Gasteiger partial charge in [-0.3, -0.25) is 14.8 Å². The molecule has 31 heavy (non-hydrogen) atoms. The number of anilines is 2. The minimum atomic E-state index is -4.04. The zero-order valence-corrected chi connectivity index (χ0v) is 17.9. The molecule has 3 rings (SSSR count). The van der Waals surface area contributed by atoms with Gasteiger partial charge in [0.05, 0.1) is 30.0 Å². The number of benzene rings is 2. The van der Waals surface area contributed by atoms with Crippen LogP contribution in [0.1, 0.15) is 25.1 Å². The Kier molecular flexibility index (Phi) is 6.27. The molecule has 0 radical (unpaired) electrons. The molecule has 2 N–H and O–H groups in total. The lowest BCUT2D eigenvalue weighted by Crippen LogP contribution is -2.14. The normalized spacial score (nSPS) is 10.9. The van der Waals surface area contributed by atoms with Gasteiger partial charge in [-0.25, -0.2) is 8.42 Å². The van der Waals surface area contributed by atoms with Crippen molar-refractivity contribution in [3.63, 3.8) is 0 Å². The molecule has 0 unspecified atom stereocenters. The summed E-state index contributed by atoms with van der Waals surface area (Å²) >= 11 is 0. The van der Waals surface area contributed by atoms with Gasteiger partial charge in [-0.05, 0) is 48.4 Å². The van der Waals surface area contributed by atoms with Crippen LogP contribution in [0.4, 0.5) is 11.6 Å². The number of nitrogens with zero attached hydrogens (tertiary/aromatic N) is 2. The van der Waals surface area contributed by atoms with Crippen molar-refractivity contribution in [2.45, 2.75) is 25.2 Å². The van der Waals surface area contributed by atoms with Crippen LogP contribution in [0.2, 0.25) is 0 Å². The first kappa shape index (κ1) is 21.9. The number of ether oxygens (including phenoxy) is 1. The third kappa shape index (κ3) is 4.67. The second-order valence-electron chi connectivity index (χ2n) is 6.53. The first-order valence-electron chi connectivity index (χ1n) is 9.26. The van der Waals surface area contributed by atoms with Gasteiger partial charge in [0.25, 0.3) is 10.0 Å². The Morgan fingerprint density at radius 1 is 1.23 bits per heavy atom. The average molecular weight is 440 g/mol. The fourth-order valence-corrected chi connectivity index (χ4v) is 4.23. The number of carbonyl (C=O) groups is 1. The van der Waals surface area contributed by atoms with Crippen LogP contribution < -0.4 is 14.8 Å². The summed E-state index contributed by atoms with van der Waals surface area (Å²) in [5.41, 5.74) is 2.26. The molecule has 1 amide bonds. The zero-order valence-electron chi connectivity index (χ0n) is 17.1. The predicted octanol–water partition coefficient (Wildman–Crippen LogP) is 3.54. The minimum absolute atomic E-state index is 0.103. The molecular weight excluding hydrogens is 420 g/mol. The standard InChI is InChI=1S/C21H20N4O5S/c1-4-17-20(21(30-24-17)23-13(2)26)15-7-10-18(29-3)19(11-15)31(27,28)25-16-8-5-14(12-22)6-9-16/h5-11,25H,4H2,1-3H3,(H,23,26). The highest BCUT2D eigenvalue weighted by atomic mass is 32.2. The number of nitrogens with one attached hydrogen (secondary N) is 2. The van der Waals surface area contributed by atoms with E-state index in [1.807, 2.05) is 13.0 Å². The molecule has 3 aromatic rings. The summed E-state index contributed by atoms with van der Waals surface area (Å²) in [7, 11) is -2.67. The minimum Gasteiger partial charge on any atom is -0.495 e. The van der Waals surface area contributed by atoms with Crippen molar-refractivity contribution in [2.75, 3.05) is 17.1 Å². The Hall–Kier alpha value is -3.84. The van der Waals surface area contributed by atoms with E-state index in [-0.39, 0.29) is 22.4 Å². The Balaban J connectivity index is 2.08. The molecular formula is C21H20N4O5S. The van der Waals surface area contributed by atoms with Gasteiger partial charge >= 0.3 is 0 Å². The number of sulfonamides is 1. The van der Waals surface area contributed by atoms with E-state index >= 15 is 0 Å². The molecule has 160 valence electrons. The summed E-state index contributed by atoms with van der Waals surface area (Å²) in [5.74, 6) is -0.0673. The smallest absolute Gasteiger partial charge is 0.265 e. The number of amides is 1. The Morgan fingerprint density at radius 2 is 1.94 bits per heavy atom. The molecule has 0 saturated heterocycles. The van der Waals surface area contributed by atoms with E-state index in [2.05, 4.69) is 15.2 Å². The quantitative estimate of drug-likeness (QED) is 0.574. The van der Waals surface area contributed by atoms with Crippen LogP contribution in [0.3, 0.4) is 0 Å². The van der Waals surface area contributed by atoms with Gasteiger partial charge in [0, 0.05) is 12.6 Å². The number of methoxy groups -OCH3 is 1. The highest BCUT2D eigenvalue weighted by Crippen LogP contribution is 2.36. The van der Waals surface area contributed by atoms with Crippen LogP contribution in [-0.4, -0.2) is 26.6 Å². The van der Waals surface area contributed by atoms with Crippen LogP contribution in [0, 0.1) is 11.3 Å². The number of carbonyl (C=O) groups excluding carboxylic acids is 1. The summed E-state index contributed by atoms with van der Waals surface area (Å²) in [6, 6.07) is 12.6. The Morgan fingerprint density at radius 3 is 2.52 bits per heavy atom. The summed E-state index contributed by atoms with van der Waals surface area (Å²) in [5, 5.41) is 15.4. The average Bonchev–Trinajstić information content (AvgIpc) is 3.15. The van der Waals surface area contributed by atoms with Gasteiger partial charge < -0.3 is 9.26 Å². The summed E-state index contributed by atoms with van der Waals surface area (Å²) in [4.78, 5) is 11.4. The topological polar surface area (TPSA) is 134 Å². The van der Waals surface area contributed by atoms with Gasteiger partial charge in [0.2, 0.25) is 11.8 Å². The second-order valence-corrected chi connectivity index (χ2v) is 8.18. The maximum Gasteiger partial charge on any atom is 0.265 e. The van der Waals surface area contributed by atoms with Crippen LogP contribution >= 0.6 is 0 Å². The molecule has 0 fully saturated rings. The molecule has 10 heteroatoms. The van der Waals surface area contributed by atoms with Crippen molar-refractivity contribution >= 4 is 27.5 Å². The first-order chi connectivity index (χ1) is 14.8. The number of hydrogen-bond donors (Lipinski definition) is 2. The molecule has 0 saturated carbocycles. The first-order valence-corrected chi connectivity index (χ1v) is 10.7. The van der Waals surface area contributed by atoms with E-state index in [1.54, 1.807) is 6.07 Å². The third-order valence-electron chi connectivity index (χ3n) is 4.40. The largest absolute Gasteiger partial charge is 0.495 e. The van der Waals surface area contributed by atoms with Crippen molar-refractivity contribution in [1.29, 1.82) is 5.26 Å². The maximum atomic E-state index is 13.1. The Bertz CT molecular complexity index is 1260. The van der Waals surface area contributed by atoms with Crippen molar-refractivity contribution in [2.24, 2.45) is 0 Å². The molecule has 1 aromatic heterocycles. The number of aryl methyl sites for hydroxylation is 1. The Labute approximate surface area is 179 Å². The van der Waals surface area contributed by atoms with Crippen LogP contribution in [0.25, 0.3) is 11.1 Å². The fourth-order valence-electron chi connectivity index (χ4n) is 2.97. The fraction of sp³-hybridized carbons (Fsp3) is 0.190. The summed E-state index contributed by atoms with van der Waals surface area (Å²) < 4.78 is 39.2. The van der Waals surface area contributed by atoms with Crippen molar-refractivity contribution in [3.8, 4) is 22.9 Å². The van der Waals surface area contributed by atoms with Gasteiger partial charge in [-0.1, -0.05) is 18.1 Å². The molecule has 0 bridgehead atoms. The number of rotatable bonds is 7. The summed E-state index contributed by atoms with van der Waals surface area (Å²) in [6.07, 6.45) is 0.510. The lowest BCUT2D eigenvalue weighted by atomic mass is 10.0. The predicted molar refractivity (Wildman–Crippen MR) is 114 cm³/mol. The second kappa shape index (κ2) is 8.89. The molecule has 2 aromatic carbocycles. The molecule has 0 aliphatic heterocycles. The van der Waals surface area contributed by atoms with E-state index in [4.69, 9.17) is 14.5 Å². The van der Waals surface area contributed by atoms with E-state index in [0.29, 0.717) is 34.5 Å². The molecule has 0 spiro atoms. The lowest BCUT2D eigenvalue weighted by molar-refractivity contribution is -0.114. The molecule has 9 nitrogen and oxygen atoms in total. The van der Waals surface area contributed by atoms with E-state index in [0.717, 1.165) is 0 Å². The van der Waals surface area contributed by atoms with Crippen LogP contribution in [0.15, 0.2) is 51.9 Å². The van der Waals surface area contributed by atoms with E-state index < -0.39 is 10.0 Å². The number of nitriles is 1. The number of aromatic nitrogens is 1. The highest BCUT2D eigenvalue weighted by molar-refractivity contribution is 7.92. The summed E-state index contributed by atoms with van der Waals surface area (Å²) in [6.45, 7) is 3.20. The van der Waals surface area contributed by atoms with Crippen LogP contribution in [0.5, 0.6) is 5.75 Å². The van der Waals surface area contributed by atoms with Gasteiger partial charge in [-0.15, -0.1) is 0 Å². The molecule has 0 aliphatic rings. The lowest BCUT2D eigenvalue weighted by Gasteiger charge is -2.13. The SMILES string of the molecule is CCc1noc(NC(C)=O)c1-c1ccc(OC)c(S(=O)(=O)Nc2ccc(C#N)cc2)c1. The molecule has 0 atom stereocenters. The van der Waals surface area contributed by atoms with E-state index in [1.165, 1.54) is 50.4 Å². The molecule has 0 aliphatic carbocycles.